The van der Waals surface area contributed by atoms with Crippen molar-refractivity contribution in [3.05, 3.63) is 22.7 Å². The number of halogens is 1. The minimum atomic E-state index is -0.590. The molecule has 1 fully saturated rings. The summed E-state index contributed by atoms with van der Waals surface area (Å²) in [5.74, 6) is -0.156. The van der Waals surface area contributed by atoms with Gasteiger partial charge in [0.25, 0.3) is 0 Å². The fraction of sp³-hybridized carbons (Fsp3) is 0.462. The van der Waals surface area contributed by atoms with E-state index in [4.69, 9.17) is 17.3 Å². The number of hydrogen-bond acceptors (Lipinski definition) is 3. The summed E-state index contributed by atoms with van der Waals surface area (Å²) in [5, 5.41) is 3.49. The Labute approximate surface area is 111 Å². The molecule has 0 saturated carbocycles. The van der Waals surface area contributed by atoms with E-state index in [9.17, 15) is 4.79 Å². The molecule has 0 bridgehead atoms. The van der Waals surface area contributed by atoms with Gasteiger partial charge in [-0.1, -0.05) is 11.6 Å². The number of nitrogens with zero attached hydrogens (tertiary/aromatic N) is 1. The molecule has 1 atom stereocenters. The van der Waals surface area contributed by atoms with Crippen molar-refractivity contribution in [3.8, 4) is 0 Å². The van der Waals surface area contributed by atoms with E-state index in [1.54, 1.807) is 0 Å². The molecule has 2 aliphatic rings. The maximum Gasteiger partial charge on any atom is 0.245 e. The van der Waals surface area contributed by atoms with Gasteiger partial charge in [-0.05, 0) is 31.4 Å². The summed E-state index contributed by atoms with van der Waals surface area (Å²) in [6.45, 7) is 2.05. The van der Waals surface area contributed by atoms with Gasteiger partial charge in [0.15, 0.2) is 0 Å². The molecule has 1 unspecified atom stereocenters. The Bertz CT molecular complexity index is 497. The van der Waals surface area contributed by atoms with Crippen molar-refractivity contribution in [1.82, 2.24) is 0 Å². The Morgan fingerprint density at radius 2 is 2.00 bits per heavy atom. The number of nitrogens with one attached hydrogen (secondary N) is 1. The Hall–Kier alpha value is -1.26. The predicted molar refractivity (Wildman–Crippen MR) is 73.1 cm³/mol. The third-order valence-electron chi connectivity index (χ3n) is 3.69. The fourth-order valence-electron chi connectivity index (χ4n) is 2.67. The minimum Gasteiger partial charge on any atom is -0.370 e. The smallest absolute Gasteiger partial charge is 0.245 e. The first-order chi connectivity index (χ1) is 8.66. The summed E-state index contributed by atoms with van der Waals surface area (Å²) in [6.07, 6.45) is 3.67. The first kappa shape index (κ1) is 11.8. The number of amides is 1. The summed E-state index contributed by atoms with van der Waals surface area (Å²) < 4.78 is 0. The quantitative estimate of drug-likeness (QED) is 0.819. The van der Waals surface area contributed by atoms with Crippen molar-refractivity contribution in [3.63, 3.8) is 0 Å². The Morgan fingerprint density at radius 1 is 1.28 bits per heavy atom. The third-order valence-corrected chi connectivity index (χ3v) is 3.99. The lowest BCUT2D eigenvalue weighted by atomic mass is 10.1. The predicted octanol–water partition coefficient (Wildman–Crippen LogP) is 2.28. The van der Waals surface area contributed by atoms with Gasteiger partial charge < -0.3 is 16.0 Å². The maximum atomic E-state index is 11.5. The molecule has 1 amide bonds. The van der Waals surface area contributed by atoms with E-state index in [1.165, 1.54) is 19.3 Å². The number of nitrogens with two attached hydrogens (primary N) is 1. The van der Waals surface area contributed by atoms with Crippen LogP contribution in [-0.4, -0.2) is 19.0 Å². The molecular weight excluding hydrogens is 250 g/mol. The van der Waals surface area contributed by atoms with Gasteiger partial charge in [0, 0.05) is 24.3 Å². The van der Waals surface area contributed by atoms with Crippen LogP contribution < -0.4 is 16.0 Å². The highest BCUT2D eigenvalue weighted by molar-refractivity contribution is 6.33. The number of carbonyl (C=O) groups excluding carboxylic acids is 1. The van der Waals surface area contributed by atoms with Crippen molar-refractivity contribution in [2.75, 3.05) is 23.3 Å². The first-order valence-electron chi connectivity index (χ1n) is 6.31. The summed E-state index contributed by atoms with van der Waals surface area (Å²) in [7, 11) is 0. The lowest BCUT2D eigenvalue weighted by molar-refractivity contribution is -0.116. The van der Waals surface area contributed by atoms with Crippen LogP contribution in [0.1, 0.15) is 30.9 Å². The van der Waals surface area contributed by atoms with Crippen LogP contribution in [0, 0.1) is 0 Å². The normalized spacial score (nSPS) is 22.9. The molecule has 3 rings (SSSR count). The van der Waals surface area contributed by atoms with Crippen molar-refractivity contribution in [2.45, 2.75) is 25.3 Å². The van der Waals surface area contributed by atoms with E-state index in [0.717, 1.165) is 30.0 Å². The van der Waals surface area contributed by atoms with E-state index >= 15 is 0 Å². The topological polar surface area (TPSA) is 58.4 Å². The van der Waals surface area contributed by atoms with Crippen LogP contribution in [0.25, 0.3) is 0 Å². The second-order valence-corrected chi connectivity index (χ2v) is 5.31. The molecule has 3 N–H and O–H groups in total. The van der Waals surface area contributed by atoms with Crippen molar-refractivity contribution in [2.24, 2.45) is 5.73 Å². The van der Waals surface area contributed by atoms with Crippen molar-refractivity contribution in [1.29, 1.82) is 0 Å². The maximum absolute atomic E-state index is 11.5. The molecule has 96 valence electrons. The summed E-state index contributed by atoms with van der Waals surface area (Å²) in [5.41, 5.74) is 8.41. The molecule has 1 saturated heterocycles. The van der Waals surface area contributed by atoms with Gasteiger partial charge in [-0.15, -0.1) is 0 Å². The molecule has 1 aromatic carbocycles. The van der Waals surface area contributed by atoms with E-state index in [1.807, 2.05) is 12.1 Å². The molecule has 2 heterocycles. The number of benzene rings is 1. The standard InChI is InChI=1S/C13H16ClN3O/c14-9-6-8-10(16-13(18)12(8)15)7-11(9)17-4-2-1-3-5-17/h6-7,12H,1-5,15H2,(H,16,18). The van der Waals surface area contributed by atoms with Crippen molar-refractivity contribution < 1.29 is 4.79 Å². The Morgan fingerprint density at radius 3 is 2.72 bits per heavy atom. The monoisotopic (exact) mass is 265 g/mol. The second kappa shape index (κ2) is 4.44. The molecule has 5 heteroatoms. The number of fused-ring (bicyclic) bond motifs is 1. The summed E-state index contributed by atoms with van der Waals surface area (Å²) in [6, 6.07) is 3.19. The highest BCUT2D eigenvalue weighted by atomic mass is 35.5. The van der Waals surface area contributed by atoms with Crippen LogP contribution in [0.15, 0.2) is 12.1 Å². The van der Waals surface area contributed by atoms with E-state index in [-0.39, 0.29) is 5.91 Å². The van der Waals surface area contributed by atoms with Crippen LogP contribution in [0.4, 0.5) is 11.4 Å². The number of piperidine rings is 1. The van der Waals surface area contributed by atoms with Crippen LogP contribution in [-0.2, 0) is 4.79 Å². The van der Waals surface area contributed by atoms with Gasteiger partial charge >= 0.3 is 0 Å². The van der Waals surface area contributed by atoms with Crippen LogP contribution in [0.5, 0.6) is 0 Å². The molecule has 0 aromatic heterocycles. The number of rotatable bonds is 1. The lowest BCUT2D eigenvalue weighted by Gasteiger charge is -2.30. The SMILES string of the molecule is NC1C(=O)Nc2cc(N3CCCCC3)c(Cl)cc21. The largest absolute Gasteiger partial charge is 0.370 e. The van der Waals surface area contributed by atoms with Gasteiger partial charge in [-0.3, -0.25) is 4.79 Å². The van der Waals surface area contributed by atoms with Crippen LogP contribution in [0.2, 0.25) is 5.02 Å². The molecule has 0 aliphatic carbocycles. The van der Waals surface area contributed by atoms with Gasteiger partial charge in [-0.2, -0.15) is 0 Å². The molecule has 1 aromatic rings. The molecular formula is C13H16ClN3O. The third kappa shape index (κ3) is 1.85. The van der Waals surface area contributed by atoms with Gasteiger partial charge in [-0.25, -0.2) is 0 Å². The minimum absolute atomic E-state index is 0.156. The summed E-state index contributed by atoms with van der Waals surface area (Å²) in [4.78, 5) is 13.8. The van der Waals surface area contributed by atoms with E-state index < -0.39 is 6.04 Å². The lowest BCUT2D eigenvalue weighted by Crippen LogP contribution is -2.29. The molecule has 0 radical (unpaired) electrons. The van der Waals surface area contributed by atoms with Gasteiger partial charge in [0.1, 0.15) is 6.04 Å². The number of hydrogen-bond donors (Lipinski definition) is 2. The van der Waals surface area contributed by atoms with Gasteiger partial charge in [0.05, 0.1) is 10.7 Å². The summed E-state index contributed by atoms with van der Waals surface area (Å²) >= 11 is 6.32. The van der Waals surface area contributed by atoms with Gasteiger partial charge in [0.2, 0.25) is 5.91 Å². The highest BCUT2D eigenvalue weighted by Crippen LogP contribution is 2.38. The van der Waals surface area contributed by atoms with Crippen LogP contribution >= 0.6 is 11.6 Å². The molecule has 0 spiro atoms. The fourth-order valence-corrected chi connectivity index (χ4v) is 2.96. The van der Waals surface area contributed by atoms with E-state index in [0.29, 0.717) is 5.02 Å². The van der Waals surface area contributed by atoms with E-state index in [2.05, 4.69) is 10.2 Å². The molecule has 2 aliphatic heterocycles. The van der Waals surface area contributed by atoms with Crippen LogP contribution in [0.3, 0.4) is 0 Å². The highest BCUT2D eigenvalue weighted by Gasteiger charge is 2.29. The number of anilines is 2. The molecule has 4 nitrogen and oxygen atoms in total. The van der Waals surface area contributed by atoms with Crippen molar-refractivity contribution >= 4 is 28.9 Å². The average molecular weight is 266 g/mol. The first-order valence-corrected chi connectivity index (χ1v) is 6.69. The zero-order valence-electron chi connectivity index (χ0n) is 10.1. The number of carbonyl (C=O) groups is 1. The average Bonchev–Trinajstić information content (AvgIpc) is 2.66. The second-order valence-electron chi connectivity index (χ2n) is 4.91. The Kier molecular flexibility index (Phi) is 2.92. The zero-order valence-corrected chi connectivity index (χ0v) is 10.8. The molecule has 18 heavy (non-hydrogen) atoms. The zero-order chi connectivity index (χ0) is 12.7. The Balaban J connectivity index is 1.97.